The zero-order valence-corrected chi connectivity index (χ0v) is 22.5. The molecule has 2 aromatic carbocycles. The van der Waals surface area contributed by atoms with Crippen LogP contribution in [0.5, 0.6) is 5.75 Å². The number of rotatable bonds is 8. The van der Waals surface area contributed by atoms with Gasteiger partial charge < -0.3 is 14.7 Å². The van der Waals surface area contributed by atoms with Crippen LogP contribution in [0.1, 0.15) is 29.8 Å². The minimum Gasteiger partial charge on any atom is -0.486 e. The first-order valence-corrected chi connectivity index (χ1v) is 13.9. The van der Waals surface area contributed by atoms with Gasteiger partial charge in [-0.1, -0.05) is 42.3 Å². The molecule has 0 bridgehead atoms. The molecule has 0 saturated carbocycles. The predicted molar refractivity (Wildman–Crippen MR) is 139 cm³/mol. The van der Waals surface area contributed by atoms with Crippen molar-refractivity contribution in [2.45, 2.75) is 32.5 Å². The van der Waals surface area contributed by atoms with E-state index in [0.29, 0.717) is 29.7 Å². The van der Waals surface area contributed by atoms with E-state index in [-0.39, 0.29) is 41.5 Å². The van der Waals surface area contributed by atoms with Crippen LogP contribution in [0, 0.1) is 5.92 Å². The molecule has 0 saturated heterocycles. The summed E-state index contributed by atoms with van der Waals surface area (Å²) in [4.78, 5) is 17.1. The molecule has 1 aliphatic rings. The number of nitrogens with zero attached hydrogens (tertiary/aromatic N) is 2. The van der Waals surface area contributed by atoms with Crippen molar-refractivity contribution in [3.8, 4) is 5.75 Å². The summed E-state index contributed by atoms with van der Waals surface area (Å²) in [5.74, 6) is -0.269. The molecule has 2 N–H and O–H groups in total. The van der Waals surface area contributed by atoms with Gasteiger partial charge in [0, 0.05) is 25.6 Å². The van der Waals surface area contributed by atoms with Crippen LogP contribution in [0.4, 0.5) is 5.69 Å². The number of ether oxygens (including phenoxy) is 1. The summed E-state index contributed by atoms with van der Waals surface area (Å²) in [7, 11) is -1.67. The Morgan fingerprint density at radius 2 is 1.97 bits per heavy atom. The molecule has 2 aromatic rings. The molecule has 35 heavy (non-hydrogen) atoms. The number of likely N-dealkylation sites (N-methyl/N-ethyl adjacent to an activating group) is 1. The molecule has 192 valence electrons. The molecular weight excluding hydrogens is 513 g/mol. The fourth-order valence-electron chi connectivity index (χ4n) is 4.06. The second-order valence-corrected chi connectivity index (χ2v) is 11.7. The zero-order valence-electron chi connectivity index (χ0n) is 20.2. The molecule has 0 fully saturated rings. The molecule has 0 radical (unpaired) electrons. The summed E-state index contributed by atoms with van der Waals surface area (Å²) in [6.07, 6.45) is 0.660. The van der Waals surface area contributed by atoms with Crippen molar-refractivity contribution in [1.82, 2.24) is 9.80 Å². The highest BCUT2D eigenvalue weighted by atomic mass is 35.5. The lowest BCUT2D eigenvalue weighted by Crippen LogP contribution is -2.49. The van der Waals surface area contributed by atoms with Crippen LogP contribution in [-0.2, 0) is 16.6 Å². The molecule has 11 heteroatoms. The van der Waals surface area contributed by atoms with Crippen LogP contribution in [-0.4, -0.2) is 74.4 Å². The lowest BCUT2D eigenvalue weighted by molar-refractivity contribution is 0.0344. The number of aliphatic hydroxyl groups is 1. The fraction of sp³-hybridized carbons (Fsp3) is 0.458. The van der Waals surface area contributed by atoms with Crippen molar-refractivity contribution in [3.05, 3.63) is 57.6 Å². The molecule has 1 heterocycles. The SMILES string of the molecule is C[C@@H]1CN([C@H](C)CO)C(=O)c2cccc(NS(C)(=O)=O)c2O[C@H]1CN(C)Cc1ccc(Cl)c(Cl)c1. The van der Waals surface area contributed by atoms with Crippen LogP contribution in [0.25, 0.3) is 0 Å². The Bertz CT molecular complexity index is 1180. The Morgan fingerprint density at radius 3 is 2.60 bits per heavy atom. The van der Waals surface area contributed by atoms with E-state index in [4.69, 9.17) is 27.9 Å². The Kier molecular flexibility index (Phi) is 8.93. The second kappa shape index (κ2) is 11.3. The monoisotopic (exact) mass is 543 g/mol. The van der Waals surface area contributed by atoms with Crippen LogP contribution in [0.2, 0.25) is 10.0 Å². The minimum atomic E-state index is -3.61. The minimum absolute atomic E-state index is 0.122. The van der Waals surface area contributed by atoms with E-state index in [0.717, 1.165) is 11.8 Å². The normalized spacial score (nSPS) is 19.5. The van der Waals surface area contributed by atoms with Gasteiger partial charge in [-0.2, -0.15) is 0 Å². The van der Waals surface area contributed by atoms with E-state index in [1.165, 1.54) is 0 Å². The molecular formula is C24H31Cl2N3O5S. The van der Waals surface area contributed by atoms with Gasteiger partial charge in [0.05, 0.1) is 40.2 Å². The maximum absolute atomic E-state index is 13.4. The Hall–Kier alpha value is -2.04. The lowest BCUT2D eigenvalue weighted by atomic mass is 9.99. The number of aliphatic hydroxyl groups excluding tert-OH is 1. The number of amides is 1. The number of hydrogen-bond acceptors (Lipinski definition) is 6. The highest BCUT2D eigenvalue weighted by Gasteiger charge is 2.34. The molecule has 3 atom stereocenters. The molecule has 3 rings (SSSR count). The van der Waals surface area contributed by atoms with E-state index in [2.05, 4.69) is 9.62 Å². The summed E-state index contributed by atoms with van der Waals surface area (Å²) in [5.41, 5.74) is 1.41. The van der Waals surface area contributed by atoms with Crippen LogP contribution in [0.3, 0.4) is 0 Å². The largest absolute Gasteiger partial charge is 0.486 e. The first kappa shape index (κ1) is 27.5. The molecule has 1 amide bonds. The average Bonchev–Trinajstić information content (AvgIpc) is 2.77. The van der Waals surface area contributed by atoms with Gasteiger partial charge in [0.1, 0.15) is 6.10 Å². The third-order valence-electron chi connectivity index (χ3n) is 5.91. The summed E-state index contributed by atoms with van der Waals surface area (Å²) in [6.45, 7) is 4.99. The number of fused-ring (bicyclic) bond motifs is 1. The maximum Gasteiger partial charge on any atom is 0.258 e. The molecule has 0 aliphatic carbocycles. The van der Waals surface area contributed by atoms with Crippen molar-refractivity contribution in [1.29, 1.82) is 0 Å². The van der Waals surface area contributed by atoms with Crippen molar-refractivity contribution in [3.63, 3.8) is 0 Å². The van der Waals surface area contributed by atoms with Crippen molar-refractivity contribution in [2.75, 3.05) is 37.7 Å². The quantitative estimate of drug-likeness (QED) is 0.526. The zero-order chi connectivity index (χ0) is 25.9. The smallest absolute Gasteiger partial charge is 0.258 e. The molecule has 8 nitrogen and oxygen atoms in total. The van der Waals surface area contributed by atoms with Crippen molar-refractivity contribution in [2.24, 2.45) is 5.92 Å². The number of para-hydroxylation sites is 1. The first-order valence-electron chi connectivity index (χ1n) is 11.2. The number of sulfonamides is 1. The Morgan fingerprint density at radius 1 is 1.26 bits per heavy atom. The first-order chi connectivity index (χ1) is 16.4. The number of hydrogen-bond donors (Lipinski definition) is 2. The van der Waals surface area contributed by atoms with Gasteiger partial charge in [0.15, 0.2) is 5.75 Å². The third-order valence-corrected chi connectivity index (χ3v) is 7.24. The number of carbonyl (C=O) groups excluding carboxylic acids is 1. The van der Waals surface area contributed by atoms with Crippen LogP contribution in [0.15, 0.2) is 36.4 Å². The maximum atomic E-state index is 13.4. The lowest BCUT2D eigenvalue weighted by Gasteiger charge is -2.38. The van der Waals surface area contributed by atoms with Crippen LogP contribution >= 0.6 is 23.2 Å². The Balaban J connectivity index is 1.96. The fourth-order valence-corrected chi connectivity index (χ4v) is 4.94. The van der Waals surface area contributed by atoms with E-state index >= 15 is 0 Å². The number of halogens is 2. The van der Waals surface area contributed by atoms with E-state index in [1.807, 2.05) is 26.1 Å². The van der Waals surface area contributed by atoms with Gasteiger partial charge in [0.25, 0.3) is 5.91 Å². The highest BCUT2D eigenvalue weighted by molar-refractivity contribution is 7.92. The molecule has 0 spiro atoms. The highest BCUT2D eigenvalue weighted by Crippen LogP contribution is 2.35. The predicted octanol–water partition coefficient (Wildman–Crippen LogP) is 3.72. The van der Waals surface area contributed by atoms with Gasteiger partial charge in [-0.15, -0.1) is 0 Å². The summed E-state index contributed by atoms with van der Waals surface area (Å²) < 4.78 is 32.8. The van der Waals surface area contributed by atoms with Gasteiger partial charge in [-0.25, -0.2) is 8.42 Å². The average molecular weight is 545 g/mol. The van der Waals surface area contributed by atoms with Crippen LogP contribution < -0.4 is 9.46 Å². The second-order valence-electron chi connectivity index (χ2n) is 9.12. The molecule has 0 aromatic heterocycles. The number of benzene rings is 2. The van der Waals surface area contributed by atoms with E-state index in [1.54, 1.807) is 36.1 Å². The summed E-state index contributed by atoms with van der Waals surface area (Å²) >= 11 is 12.2. The topological polar surface area (TPSA) is 99.2 Å². The van der Waals surface area contributed by atoms with Gasteiger partial charge in [-0.05, 0) is 43.8 Å². The number of nitrogens with one attached hydrogen (secondary N) is 1. The standard InChI is InChI=1S/C24H31Cl2N3O5S/c1-15-11-29(16(2)14-30)24(31)18-6-5-7-21(27-35(4,32)33)23(18)34-22(15)13-28(3)12-17-8-9-19(25)20(26)10-17/h5-10,15-16,22,27,30H,11-14H2,1-4H3/t15-,16-,22+/m1/s1. The number of anilines is 1. The van der Waals surface area contributed by atoms with E-state index in [9.17, 15) is 18.3 Å². The van der Waals surface area contributed by atoms with Crippen molar-refractivity contribution >= 4 is 44.8 Å². The number of carbonyl (C=O) groups is 1. The summed E-state index contributed by atoms with van der Waals surface area (Å²) in [6, 6.07) is 9.82. The Labute approximate surface area is 216 Å². The third kappa shape index (κ3) is 7.01. The molecule has 0 unspecified atom stereocenters. The van der Waals surface area contributed by atoms with Gasteiger partial charge >= 0.3 is 0 Å². The van der Waals surface area contributed by atoms with Gasteiger partial charge in [-0.3, -0.25) is 14.4 Å². The van der Waals surface area contributed by atoms with Gasteiger partial charge in [0.2, 0.25) is 10.0 Å². The molecule has 1 aliphatic heterocycles. The summed E-state index contributed by atoms with van der Waals surface area (Å²) in [5, 5.41) is 10.7. The van der Waals surface area contributed by atoms with Crippen molar-refractivity contribution < 1.29 is 23.1 Å². The van der Waals surface area contributed by atoms with E-state index < -0.39 is 16.1 Å².